The Labute approximate surface area is 106 Å². The molecule has 0 atom stereocenters. The third kappa shape index (κ3) is 2.53. The van der Waals surface area contributed by atoms with Crippen LogP contribution in [0.15, 0.2) is 41.4 Å². The van der Waals surface area contributed by atoms with Gasteiger partial charge in [-0.15, -0.1) is 0 Å². The number of hydrogen-bond donors (Lipinski definition) is 1. The average Bonchev–Trinajstić information content (AvgIpc) is 2.73. The van der Waals surface area contributed by atoms with Crippen molar-refractivity contribution in [2.24, 2.45) is 7.05 Å². The van der Waals surface area contributed by atoms with E-state index in [2.05, 4.69) is 5.10 Å². The molecule has 0 spiro atoms. The number of rotatable bonds is 4. The maximum absolute atomic E-state index is 12.1. The lowest BCUT2D eigenvalue weighted by Crippen LogP contribution is -2.13. The minimum atomic E-state index is -3.35. The molecule has 0 aliphatic rings. The Kier molecular flexibility index (Phi) is 3.38. The van der Waals surface area contributed by atoms with Gasteiger partial charge < -0.3 is 5.73 Å². The molecule has 0 radical (unpaired) electrons. The number of anilines is 1. The highest BCUT2D eigenvalue weighted by atomic mass is 32.2. The number of sulfone groups is 1. The Bertz CT molecular complexity index is 647. The number of para-hydroxylation sites is 1. The summed E-state index contributed by atoms with van der Waals surface area (Å²) in [5, 5.41) is 4.00. The zero-order valence-electron chi connectivity index (χ0n) is 10.1. The van der Waals surface area contributed by atoms with Crippen LogP contribution in [0.1, 0.15) is 5.69 Å². The summed E-state index contributed by atoms with van der Waals surface area (Å²) in [5.41, 5.74) is 6.87. The van der Waals surface area contributed by atoms with Crippen molar-refractivity contribution >= 4 is 15.5 Å². The third-order valence-electron chi connectivity index (χ3n) is 2.80. The van der Waals surface area contributed by atoms with Crippen LogP contribution >= 0.6 is 0 Å². The zero-order valence-corrected chi connectivity index (χ0v) is 10.9. The number of nitrogens with zero attached hydrogens (tertiary/aromatic N) is 2. The molecule has 6 heteroatoms. The van der Waals surface area contributed by atoms with Crippen molar-refractivity contribution in [3.8, 4) is 0 Å². The van der Waals surface area contributed by atoms with Gasteiger partial charge in [-0.05, 0) is 18.2 Å². The molecule has 1 heterocycles. The van der Waals surface area contributed by atoms with E-state index >= 15 is 0 Å². The minimum absolute atomic E-state index is 0.0285. The molecule has 0 aliphatic heterocycles. The molecule has 96 valence electrons. The van der Waals surface area contributed by atoms with Gasteiger partial charge >= 0.3 is 0 Å². The van der Waals surface area contributed by atoms with Gasteiger partial charge in [-0.1, -0.05) is 12.1 Å². The molecule has 0 saturated heterocycles. The Balaban J connectivity index is 2.19. The second-order valence-corrected chi connectivity index (χ2v) is 6.13. The summed E-state index contributed by atoms with van der Waals surface area (Å²) < 4.78 is 26.0. The van der Waals surface area contributed by atoms with Crippen LogP contribution in [0.2, 0.25) is 0 Å². The fraction of sp³-hybridized carbons (Fsp3) is 0.250. The Hall–Kier alpha value is -1.82. The lowest BCUT2D eigenvalue weighted by atomic mass is 10.3. The van der Waals surface area contributed by atoms with Crippen LogP contribution in [0.3, 0.4) is 0 Å². The van der Waals surface area contributed by atoms with Gasteiger partial charge in [0.2, 0.25) is 0 Å². The monoisotopic (exact) mass is 265 g/mol. The van der Waals surface area contributed by atoms with Gasteiger partial charge in [0.05, 0.1) is 16.3 Å². The third-order valence-corrected chi connectivity index (χ3v) is 4.59. The first-order valence-electron chi connectivity index (χ1n) is 5.55. The molecule has 2 aromatic rings. The molecule has 0 fully saturated rings. The highest BCUT2D eigenvalue weighted by Gasteiger charge is 2.17. The van der Waals surface area contributed by atoms with E-state index in [9.17, 15) is 8.42 Å². The van der Waals surface area contributed by atoms with Crippen molar-refractivity contribution in [1.29, 1.82) is 0 Å². The first-order chi connectivity index (χ1) is 8.50. The molecule has 1 aromatic carbocycles. The van der Waals surface area contributed by atoms with Crippen LogP contribution in [0.4, 0.5) is 5.69 Å². The number of hydrogen-bond acceptors (Lipinski definition) is 4. The van der Waals surface area contributed by atoms with E-state index < -0.39 is 9.84 Å². The molecule has 5 nitrogen and oxygen atoms in total. The van der Waals surface area contributed by atoms with Crippen LogP contribution in [-0.2, 0) is 23.3 Å². The van der Waals surface area contributed by atoms with E-state index in [1.807, 2.05) is 6.07 Å². The summed E-state index contributed by atoms with van der Waals surface area (Å²) in [4.78, 5) is 0.201. The molecule has 0 aliphatic carbocycles. The van der Waals surface area contributed by atoms with Gasteiger partial charge in [0.1, 0.15) is 0 Å². The summed E-state index contributed by atoms with van der Waals surface area (Å²) in [6, 6.07) is 8.33. The Morgan fingerprint density at radius 3 is 2.61 bits per heavy atom. The SMILES string of the molecule is Cn1nccc1CCS(=O)(=O)c1ccccc1N. The second-order valence-electron chi connectivity index (χ2n) is 4.05. The first-order valence-corrected chi connectivity index (χ1v) is 7.20. The van der Waals surface area contributed by atoms with Gasteiger partial charge in [0.25, 0.3) is 0 Å². The van der Waals surface area contributed by atoms with Crippen LogP contribution in [0.25, 0.3) is 0 Å². The summed E-state index contributed by atoms with van der Waals surface area (Å²) in [5.74, 6) is 0.0285. The lowest BCUT2D eigenvalue weighted by Gasteiger charge is -2.07. The van der Waals surface area contributed by atoms with Crippen molar-refractivity contribution in [2.75, 3.05) is 11.5 Å². The largest absolute Gasteiger partial charge is 0.398 e. The van der Waals surface area contributed by atoms with Crippen LogP contribution in [-0.4, -0.2) is 24.0 Å². The molecular formula is C12H15N3O2S. The van der Waals surface area contributed by atoms with E-state index in [0.29, 0.717) is 12.1 Å². The fourth-order valence-corrected chi connectivity index (χ4v) is 3.17. The van der Waals surface area contributed by atoms with E-state index in [0.717, 1.165) is 5.69 Å². The van der Waals surface area contributed by atoms with Crippen LogP contribution in [0.5, 0.6) is 0 Å². The molecule has 2 rings (SSSR count). The molecule has 0 bridgehead atoms. The highest BCUT2D eigenvalue weighted by molar-refractivity contribution is 7.91. The summed E-state index contributed by atoms with van der Waals surface area (Å²) >= 11 is 0. The van der Waals surface area contributed by atoms with Gasteiger partial charge in [0, 0.05) is 25.4 Å². The van der Waals surface area contributed by atoms with Gasteiger partial charge in [0.15, 0.2) is 9.84 Å². The Morgan fingerprint density at radius 1 is 1.28 bits per heavy atom. The molecule has 2 N–H and O–H groups in total. The normalized spacial score (nSPS) is 11.6. The van der Waals surface area contributed by atoms with Crippen LogP contribution in [0, 0.1) is 0 Å². The molecule has 1 aromatic heterocycles. The van der Waals surface area contributed by atoms with Crippen LogP contribution < -0.4 is 5.73 Å². The number of benzene rings is 1. The standard InChI is InChI=1S/C12H15N3O2S/c1-15-10(6-8-14-15)7-9-18(16,17)12-5-3-2-4-11(12)13/h2-6,8H,7,9,13H2,1H3. The Morgan fingerprint density at radius 2 is 2.00 bits per heavy atom. The molecule has 0 amide bonds. The number of aryl methyl sites for hydroxylation is 2. The van der Waals surface area contributed by atoms with Crippen molar-refractivity contribution in [3.63, 3.8) is 0 Å². The predicted molar refractivity (Wildman–Crippen MR) is 69.8 cm³/mol. The van der Waals surface area contributed by atoms with E-state index in [1.54, 1.807) is 36.1 Å². The zero-order chi connectivity index (χ0) is 13.2. The van der Waals surface area contributed by atoms with E-state index in [1.165, 1.54) is 6.07 Å². The molecule has 0 unspecified atom stereocenters. The predicted octanol–water partition coefficient (Wildman–Crippen LogP) is 1.02. The summed E-state index contributed by atoms with van der Waals surface area (Å²) in [6.07, 6.45) is 2.08. The lowest BCUT2D eigenvalue weighted by molar-refractivity contribution is 0.594. The minimum Gasteiger partial charge on any atom is -0.398 e. The fourth-order valence-electron chi connectivity index (χ4n) is 1.76. The van der Waals surface area contributed by atoms with Gasteiger partial charge in [-0.25, -0.2) is 8.42 Å². The van der Waals surface area contributed by atoms with Crippen molar-refractivity contribution < 1.29 is 8.42 Å². The highest BCUT2D eigenvalue weighted by Crippen LogP contribution is 2.19. The maximum Gasteiger partial charge on any atom is 0.180 e. The van der Waals surface area contributed by atoms with Crippen molar-refractivity contribution in [3.05, 3.63) is 42.2 Å². The first kappa shape index (κ1) is 12.6. The van der Waals surface area contributed by atoms with Crippen molar-refractivity contribution in [2.45, 2.75) is 11.3 Å². The van der Waals surface area contributed by atoms with Crippen molar-refractivity contribution in [1.82, 2.24) is 9.78 Å². The number of nitrogens with two attached hydrogens (primary N) is 1. The van der Waals surface area contributed by atoms with Gasteiger partial charge in [-0.3, -0.25) is 4.68 Å². The number of nitrogen functional groups attached to an aromatic ring is 1. The molecule has 18 heavy (non-hydrogen) atoms. The topological polar surface area (TPSA) is 78.0 Å². The van der Waals surface area contributed by atoms with E-state index in [4.69, 9.17) is 5.73 Å². The summed E-state index contributed by atoms with van der Waals surface area (Å²) in [6.45, 7) is 0. The second kappa shape index (κ2) is 4.81. The van der Waals surface area contributed by atoms with E-state index in [-0.39, 0.29) is 10.6 Å². The molecule has 0 saturated carbocycles. The van der Waals surface area contributed by atoms with Gasteiger partial charge in [-0.2, -0.15) is 5.10 Å². The number of aromatic nitrogens is 2. The maximum atomic E-state index is 12.1. The average molecular weight is 265 g/mol. The molecular weight excluding hydrogens is 250 g/mol. The quantitative estimate of drug-likeness (QED) is 0.837. The smallest absolute Gasteiger partial charge is 0.180 e. The summed E-state index contributed by atoms with van der Waals surface area (Å²) in [7, 11) is -1.56.